The average molecular weight is 370 g/mol. The normalized spacial score (nSPS) is 10.9. The van der Waals surface area contributed by atoms with Crippen molar-refractivity contribution in [2.75, 3.05) is 13.2 Å². The number of ether oxygens (including phenoxy) is 2. The Balaban J connectivity index is 1.88. The fourth-order valence-electron chi connectivity index (χ4n) is 2.45. The van der Waals surface area contributed by atoms with Crippen LogP contribution in [0, 0.1) is 0 Å². The van der Waals surface area contributed by atoms with E-state index in [1.165, 1.54) is 4.90 Å². The van der Waals surface area contributed by atoms with Crippen molar-refractivity contribution < 1.29 is 19.1 Å². The summed E-state index contributed by atoms with van der Waals surface area (Å²) in [7, 11) is 0. The Hall–Kier alpha value is -3.02. The molecule has 0 radical (unpaired) electrons. The first-order valence-electron chi connectivity index (χ1n) is 8.74. The Morgan fingerprint density at radius 3 is 2.00 bits per heavy atom. The summed E-state index contributed by atoms with van der Waals surface area (Å²) in [5, 5.41) is 0. The molecule has 6 heteroatoms. The molecule has 2 N–H and O–H groups in total. The largest absolute Gasteiger partial charge is 0.489 e. The fraction of sp³-hybridized carbons (Fsp3) is 0.333. The molecule has 0 bridgehead atoms. The summed E-state index contributed by atoms with van der Waals surface area (Å²) in [5.41, 5.74) is 5.79. The van der Waals surface area contributed by atoms with E-state index in [2.05, 4.69) is 0 Å². The van der Waals surface area contributed by atoms with Crippen LogP contribution in [-0.4, -0.2) is 35.4 Å². The van der Waals surface area contributed by atoms with Crippen molar-refractivity contribution in [2.45, 2.75) is 32.9 Å². The Morgan fingerprint density at radius 2 is 1.48 bits per heavy atom. The van der Waals surface area contributed by atoms with Gasteiger partial charge in [-0.2, -0.15) is 0 Å². The number of benzene rings is 2. The van der Waals surface area contributed by atoms with Gasteiger partial charge in [-0.15, -0.1) is 0 Å². The second-order valence-electron chi connectivity index (χ2n) is 7.15. The van der Waals surface area contributed by atoms with Crippen LogP contribution in [-0.2, 0) is 16.2 Å². The van der Waals surface area contributed by atoms with E-state index in [0.29, 0.717) is 18.1 Å². The van der Waals surface area contributed by atoms with Crippen molar-refractivity contribution in [1.29, 1.82) is 0 Å². The lowest BCUT2D eigenvalue weighted by Crippen LogP contribution is -2.51. The van der Waals surface area contributed by atoms with Crippen LogP contribution in [0.2, 0.25) is 0 Å². The van der Waals surface area contributed by atoms with Gasteiger partial charge in [-0.25, -0.2) is 0 Å². The number of primary amides is 1. The van der Waals surface area contributed by atoms with Crippen molar-refractivity contribution in [3.8, 4) is 11.5 Å². The molecule has 0 aliphatic rings. The molecule has 0 fully saturated rings. The van der Waals surface area contributed by atoms with E-state index >= 15 is 0 Å². The van der Waals surface area contributed by atoms with Crippen molar-refractivity contribution in [3.05, 3.63) is 60.2 Å². The minimum Gasteiger partial charge on any atom is -0.489 e. The summed E-state index contributed by atoms with van der Waals surface area (Å²) >= 11 is 0. The lowest BCUT2D eigenvalue weighted by atomic mass is 10.1. The van der Waals surface area contributed by atoms with Gasteiger partial charge in [0.1, 0.15) is 18.1 Å². The molecule has 0 aliphatic heterocycles. The highest BCUT2D eigenvalue weighted by Crippen LogP contribution is 2.19. The topological polar surface area (TPSA) is 81.9 Å². The Kier molecular flexibility index (Phi) is 6.82. The van der Waals surface area contributed by atoms with E-state index in [-0.39, 0.29) is 19.1 Å². The van der Waals surface area contributed by atoms with Crippen LogP contribution in [0.25, 0.3) is 0 Å². The molecule has 144 valence electrons. The molecular weight excluding hydrogens is 344 g/mol. The predicted octanol–water partition coefficient (Wildman–Crippen LogP) is 2.76. The first kappa shape index (κ1) is 20.3. The van der Waals surface area contributed by atoms with Crippen LogP contribution in [0.15, 0.2) is 54.6 Å². The summed E-state index contributed by atoms with van der Waals surface area (Å²) < 4.78 is 11.3. The minimum absolute atomic E-state index is 0.141. The monoisotopic (exact) mass is 370 g/mol. The van der Waals surface area contributed by atoms with Crippen LogP contribution in [0.1, 0.15) is 26.3 Å². The van der Waals surface area contributed by atoms with Gasteiger partial charge in [0.05, 0.1) is 6.54 Å². The van der Waals surface area contributed by atoms with Crippen molar-refractivity contribution >= 4 is 11.8 Å². The molecular formula is C21H26N2O4. The van der Waals surface area contributed by atoms with Gasteiger partial charge < -0.3 is 20.1 Å². The van der Waals surface area contributed by atoms with Crippen molar-refractivity contribution in [2.24, 2.45) is 5.73 Å². The molecule has 0 unspecified atom stereocenters. The molecule has 27 heavy (non-hydrogen) atoms. The first-order chi connectivity index (χ1) is 12.8. The number of nitrogens with zero attached hydrogens (tertiary/aromatic N) is 1. The summed E-state index contributed by atoms with van der Waals surface area (Å²) in [6.07, 6.45) is 0. The fourth-order valence-corrected chi connectivity index (χ4v) is 2.45. The van der Waals surface area contributed by atoms with E-state index < -0.39 is 11.4 Å². The van der Waals surface area contributed by atoms with Gasteiger partial charge in [-0.3, -0.25) is 9.59 Å². The number of nitrogens with two attached hydrogens (primary N) is 1. The Bertz CT molecular complexity index is 752. The molecule has 2 amide bonds. The van der Waals surface area contributed by atoms with Crippen LogP contribution in [0.4, 0.5) is 0 Å². The zero-order chi connectivity index (χ0) is 19.9. The summed E-state index contributed by atoms with van der Waals surface area (Å²) in [5.74, 6) is 0.398. The van der Waals surface area contributed by atoms with Crippen LogP contribution >= 0.6 is 0 Å². The van der Waals surface area contributed by atoms with Crippen LogP contribution < -0.4 is 15.2 Å². The van der Waals surface area contributed by atoms with E-state index in [0.717, 1.165) is 5.56 Å². The quantitative estimate of drug-likeness (QED) is 0.775. The molecule has 2 aromatic rings. The van der Waals surface area contributed by atoms with E-state index in [1.54, 1.807) is 24.3 Å². The second kappa shape index (κ2) is 9.07. The Labute approximate surface area is 159 Å². The lowest BCUT2D eigenvalue weighted by Gasteiger charge is -2.34. The third-order valence-corrected chi connectivity index (χ3v) is 3.86. The first-order valence-corrected chi connectivity index (χ1v) is 8.74. The Morgan fingerprint density at radius 1 is 0.926 bits per heavy atom. The standard InChI is InChI=1S/C21H26N2O4/c1-21(2,3)23(13-19(22)24)20(25)15-27-18-11-9-17(10-12-18)26-14-16-7-5-4-6-8-16/h4-12H,13-15H2,1-3H3,(H2,22,24). The smallest absolute Gasteiger partial charge is 0.261 e. The molecule has 0 saturated heterocycles. The maximum absolute atomic E-state index is 12.4. The number of hydrogen-bond acceptors (Lipinski definition) is 4. The molecule has 0 saturated carbocycles. The molecule has 0 heterocycles. The summed E-state index contributed by atoms with van der Waals surface area (Å²) in [6.45, 7) is 5.69. The molecule has 6 nitrogen and oxygen atoms in total. The SMILES string of the molecule is CC(C)(C)N(CC(N)=O)C(=O)COc1ccc(OCc2ccccc2)cc1. The number of carbonyl (C=O) groups excluding carboxylic acids is 2. The van der Waals surface area contributed by atoms with E-state index in [9.17, 15) is 9.59 Å². The van der Waals surface area contributed by atoms with Crippen molar-refractivity contribution in [1.82, 2.24) is 4.90 Å². The van der Waals surface area contributed by atoms with Gasteiger partial charge in [-0.05, 0) is 50.6 Å². The van der Waals surface area contributed by atoms with Gasteiger partial charge in [0.2, 0.25) is 5.91 Å². The van der Waals surface area contributed by atoms with Gasteiger partial charge >= 0.3 is 0 Å². The highest BCUT2D eigenvalue weighted by atomic mass is 16.5. The van der Waals surface area contributed by atoms with Gasteiger partial charge in [0.25, 0.3) is 5.91 Å². The molecule has 0 spiro atoms. The predicted molar refractivity (Wildman–Crippen MR) is 103 cm³/mol. The number of amides is 2. The maximum Gasteiger partial charge on any atom is 0.261 e. The van der Waals surface area contributed by atoms with Gasteiger partial charge in [0, 0.05) is 5.54 Å². The minimum atomic E-state index is -0.557. The molecule has 0 aromatic heterocycles. The van der Waals surface area contributed by atoms with Crippen LogP contribution in [0.3, 0.4) is 0 Å². The molecule has 0 atom stereocenters. The highest BCUT2D eigenvalue weighted by Gasteiger charge is 2.27. The lowest BCUT2D eigenvalue weighted by molar-refractivity contribution is -0.141. The maximum atomic E-state index is 12.4. The van der Waals surface area contributed by atoms with Crippen molar-refractivity contribution in [3.63, 3.8) is 0 Å². The van der Waals surface area contributed by atoms with E-state index in [4.69, 9.17) is 15.2 Å². The number of carbonyl (C=O) groups is 2. The van der Waals surface area contributed by atoms with Gasteiger partial charge in [0.15, 0.2) is 6.61 Å². The second-order valence-corrected chi connectivity index (χ2v) is 7.15. The molecule has 2 aromatic carbocycles. The zero-order valence-electron chi connectivity index (χ0n) is 16.0. The van der Waals surface area contributed by atoms with Crippen LogP contribution in [0.5, 0.6) is 11.5 Å². The third kappa shape index (κ3) is 6.66. The van der Waals surface area contributed by atoms with Gasteiger partial charge in [-0.1, -0.05) is 30.3 Å². The number of hydrogen-bond donors (Lipinski definition) is 1. The number of rotatable bonds is 8. The average Bonchev–Trinajstić information content (AvgIpc) is 2.63. The zero-order valence-corrected chi connectivity index (χ0v) is 16.0. The molecule has 2 rings (SSSR count). The summed E-state index contributed by atoms with van der Waals surface area (Å²) in [4.78, 5) is 25.0. The summed E-state index contributed by atoms with van der Waals surface area (Å²) in [6, 6.07) is 16.9. The third-order valence-electron chi connectivity index (χ3n) is 3.86. The highest BCUT2D eigenvalue weighted by molar-refractivity contribution is 5.85. The molecule has 0 aliphatic carbocycles. The van der Waals surface area contributed by atoms with E-state index in [1.807, 2.05) is 51.1 Å².